The Morgan fingerprint density at radius 3 is 2.36 bits per heavy atom. The summed E-state index contributed by atoms with van der Waals surface area (Å²) >= 11 is 12.1. The molecular formula is C23H20Cl2N4O4. The first-order chi connectivity index (χ1) is 15.9. The maximum Gasteiger partial charge on any atom is 0.273 e. The Morgan fingerprint density at radius 2 is 1.64 bits per heavy atom. The molecule has 170 valence electrons. The number of benzene rings is 2. The van der Waals surface area contributed by atoms with Crippen LogP contribution in [0.25, 0.3) is 11.3 Å². The molecule has 0 radical (unpaired) electrons. The lowest BCUT2D eigenvalue weighted by Gasteiger charge is -2.35. The molecule has 2 heterocycles. The van der Waals surface area contributed by atoms with Crippen molar-refractivity contribution < 1.29 is 18.9 Å². The Bertz CT molecular complexity index is 1170. The fraction of sp³-hybridized carbons (Fsp3) is 0.217. The summed E-state index contributed by atoms with van der Waals surface area (Å²) in [6.07, 6.45) is 0. The van der Waals surface area contributed by atoms with Crippen LogP contribution in [0.2, 0.25) is 10.0 Å². The van der Waals surface area contributed by atoms with Gasteiger partial charge in [0.05, 0.1) is 17.1 Å². The van der Waals surface area contributed by atoms with E-state index in [4.69, 9.17) is 27.7 Å². The zero-order chi connectivity index (χ0) is 23.4. The highest BCUT2D eigenvalue weighted by Crippen LogP contribution is 2.23. The summed E-state index contributed by atoms with van der Waals surface area (Å²) in [6, 6.07) is 15.5. The van der Waals surface area contributed by atoms with Crippen LogP contribution in [0.1, 0.15) is 20.8 Å². The van der Waals surface area contributed by atoms with Gasteiger partial charge in [-0.2, -0.15) is 0 Å². The Hall–Kier alpha value is -3.36. The van der Waals surface area contributed by atoms with Gasteiger partial charge in [-0.25, -0.2) is 0 Å². The average molecular weight is 487 g/mol. The second-order valence-electron chi connectivity index (χ2n) is 7.42. The monoisotopic (exact) mass is 486 g/mol. The summed E-state index contributed by atoms with van der Waals surface area (Å²) in [4.78, 5) is 40.8. The first-order valence-electron chi connectivity index (χ1n) is 10.2. The molecule has 1 N–H and O–H groups in total. The highest BCUT2D eigenvalue weighted by Gasteiger charge is 2.26. The summed E-state index contributed by atoms with van der Waals surface area (Å²) in [5.74, 6) is -0.516. The predicted octanol–water partition coefficient (Wildman–Crippen LogP) is 3.36. The normalized spacial score (nSPS) is 13.6. The Morgan fingerprint density at radius 1 is 0.939 bits per heavy atom. The number of rotatable bonds is 5. The number of nitrogens with one attached hydrogen (secondary N) is 1. The molecule has 33 heavy (non-hydrogen) atoms. The highest BCUT2D eigenvalue weighted by molar-refractivity contribution is 6.35. The van der Waals surface area contributed by atoms with E-state index in [2.05, 4.69) is 10.5 Å². The molecule has 1 aromatic heterocycles. The van der Waals surface area contributed by atoms with E-state index >= 15 is 0 Å². The van der Waals surface area contributed by atoms with Crippen LogP contribution >= 0.6 is 23.2 Å². The molecule has 1 aliphatic rings. The van der Waals surface area contributed by atoms with E-state index in [0.717, 1.165) is 5.56 Å². The number of carbonyl (C=O) groups is 3. The summed E-state index contributed by atoms with van der Waals surface area (Å²) in [5.41, 5.74) is 1.22. The minimum Gasteiger partial charge on any atom is -0.355 e. The van der Waals surface area contributed by atoms with Crippen LogP contribution in [-0.2, 0) is 4.79 Å². The summed E-state index contributed by atoms with van der Waals surface area (Å²) in [7, 11) is 0. The van der Waals surface area contributed by atoms with Crippen molar-refractivity contribution in [1.82, 2.24) is 20.3 Å². The van der Waals surface area contributed by atoms with Crippen molar-refractivity contribution in [1.29, 1.82) is 0 Å². The zero-order valence-electron chi connectivity index (χ0n) is 17.5. The number of aromatic nitrogens is 1. The van der Waals surface area contributed by atoms with Crippen molar-refractivity contribution in [3.63, 3.8) is 0 Å². The van der Waals surface area contributed by atoms with Crippen LogP contribution < -0.4 is 5.32 Å². The molecule has 0 unspecified atom stereocenters. The van der Waals surface area contributed by atoms with E-state index in [1.165, 1.54) is 12.1 Å². The van der Waals surface area contributed by atoms with Crippen LogP contribution in [-0.4, -0.2) is 65.4 Å². The molecule has 0 spiro atoms. The number of carbonyl (C=O) groups excluding carboxylic acids is 3. The lowest BCUT2D eigenvalue weighted by molar-refractivity contribution is -0.131. The van der Waals surface area contributed by atoms with E-state index in [-0.39, 0.29) is 24.1 Å². The van der Waals surface area contributed by atoms with Gasteiger partial charge < -0.3 is 19.6 Å². The van der Waals surface area contributed by atoms with Crippen molar-refractivity contribution in [2.75, 3.05) is 32.7 Å². The van der Waals surface area contributed by atoms with Crippen molar-refractivity contribution in [2.24, 2.45) is 0 Å². The number of halogens is 2. The number of amides is 3. The third kappa shape index (κ3) is 5.35. The molecular weight excluding hydrogens is 467 g/mol. The van der Waals surface area contributed by atoms with Crippen LogP contribution in [0.15, 0.2) is 59.1 Å². The molecule has 0 bridgehead atoms. The second-order valence-corrected chi connectivity index (χ2v) is 8.27. The summed E-state index contributed by atoms with van der Waals surface area (Å²) in [6.45, 7) is 1.22. The highest BCUT2D eigenvalue weighted by atomic mass is 35.5. The molecule has 0 saturated carbocycles. The van der Waals surface area contributed by atoms with Gasteiger partial charge in [0.25, 0.3) is 11.8 Å². The maximum absolute atomic E-state index is 12.7. The minimum absolute atomic E-state index is 0.0930. The van der Waals surface area contributed by atoms with E-state index in [0.29, 0.717) is 47.5 Å². The van der Waals surface area contributed by atoms with Crippen molar-refractivity contribution >= 4 is 40.9 Å². The lowest BCUT2D eigenvalue weighted by atomic mass is 10.1. The quantitative estimate of drug-likeness (QED) is 0.596. The van der Waals surface area contributed by atoms with Gasteiger partial charge in [-0.05, 0) is 18.2 Å². The molecule has 3 amide bonds. The van der Waals surface area contributed by atoms with Gasteiger partial charge in [-0.15, -0.1) is 0 Å². The predicted molar refractivity (Wildman–Crippen MR) is 123 cm³/mol. The number of nitrogens with zero attached hydrogens (tertiary/aromatic N) is 3. The smallest absolute Gasteiger partial charge is 0.273 e. The lowest BCUT2D eigenvalue weighted by Crippen LogP contribution is -2.52. The van der Waals surface area contributed by atoms with E-state index in [1.807, 2.05) is 30.3 Å². The molecule has 8 nitrogen and oxygen atoms in total. The second kappa shape index (κ2) is 10.1. The summed E-state index contributed by atoms with van der Waals surface area (Å²) < 4.78 is 5.22. The van der Waals surface area contributed by atoms with Gasteiger partial charge in [-0.1, -0.05) is 58.7 Å². The van der Waals surface area contributed by atoms with E-state index < -0.39 is 5.91 Å². The van der Waals surface area contributed by atoms with Gasteiger partial charge in [0.15, 0.2) is 11.5 Å². The standard InChI is InChI=1S/C23H20Cl2N4O4/c24-16-6-7-18(25)17(12-16)23(32)29-10-8-28(9-11-29)21(30)14-26-22(31)19-13-20(33-27-19)15-4-2-1-3-5-15/h1-7,12-13H,8-11,14H2,(H,26,31). The fourth-order valence-electron chi connectivity index (χ4n) is 3.47. The molecule has 0 atom stereocenters. The average Bonchev–Trinajstić information content (AvgIpc) is 3.34. The molecule has 2 aromatic carbocycles. The number of piperazine rings is 1. The molecule has 1 saturated heterocycles. The molecule has 4 rings (SSSR count). The van der Waals surface area contributed by atoms with Crippen LogP contribution in [0.5, 0.6) is 0 Å². The van der Waals surface area contributed by atoms with Gasteiger partial charge in [0.2, 0.25) is 5.91 Å². The summed E-state index contributed by atoms with van der Waals surface area (Å²) in [5, 5.41) is 7.10. The molecule has 0 aliphatic carbocycles. The van der Waals surface area contributed by atoms with Gasteiger partial charge in [-0.3, -0.25) is 14.4 Å². The topological polar surface area (TPSA) is 95.8 Å². The Balaban J connectivity index is 1.27. The molecule has 1 fully saturated rings. The van der Waals surface area contributed by atoms with Gasteiger partial charge in [0.1, 0.15) is 0 Å². The zero-order valence-corrected chi connectivity index (χ0v) is 19.0. The van der Waals surface area contributed by atoms with Gasteiger partial charge >= 0.3 is 0 Å². The van der Waals surface area contributed by atoms with Crippen molar-refractivity contribution in [2.45, 2.75) is 0 Å². The number of hydrogen-bond donors (Lipinski definition) is 1. The van der Waals surface area contributed by atoms with Crippen molar-refractivity contribution in [3.05, 3.63) is 75.9 Å². The van der Waals surface area contributed by atoms with Crippen molar-refractivity contribution in [3.8, 4) is 11.3 Å². The molecule has 3 aromatic rings. The van der Waals surface area contributed by atoms with Gasteiger partial charge in [0, 0.05) is 42.8 Å². The largest absolute Gasteiger partial charge is 0.355 e. The van der Waals surface area contributed by atoms with Crippen LogP contribution in [0, 0.1) is 0 Å². The SMILES string of the molecule is O=C(NCC(=O)N1CCN(C(=O)c2cc(Cl)ccc2Cl)CC1)c1cc(-c2ccccc2)on1. The number of hydrogen-bond acceptors (Lipinski definition) is 5. The van der Waals surface area contributed by atoms with Crippen LogP contribution in [0.4, 0.5) is 0 Å². The molecule has 10 heteroatoms. The third-order valence-electron chi connectivity index (χ3n) is 5.28. The molecule has 1 aliphatic heterocycles. The third-order valence-corrected chi connectivity index (χ3v) is 5.84. The van der Waals surface area contributed by atoms with E-state index in [1.54, 1.807) is 21.9 Å². The minimum atomic E-state index is -0.501. The van der Waals surface area contributed by atoms with Crippen LogP contribution in [0.3, 0.4) is 0 Å². The van der Waals surface area contributed by atoms with E-state index in [9.17, 15) is 14.4 Å². The maximum atomic E-state index is 12.7. The first-order valence-corrected chi connectivity index (χ1v) is 11.0. The Kier molecular flexibility index (Phi) is 6.96. The fourth-order valence-corrected chi connectivity index (χ4v) is 3.84. The first kappa shape index (κ1) is 22.8. The Labute approximate surface area is 200 Å².